The van der Waals surface area contributed by atoms with Gasteiger partial charge in [-0.25, -0.2) is 13.2 Å². The van der Waals surface area contributed by atoms with E-state index in [0.29, 0.717) is 0 Å². The second-order valence-corrected chi connectivity index (χ2v) is 4.57. The molecule has 1 unspecified atom stereocenters. The fourth-order valence-electron chi connectivity index (χ4n) is 1.99. The van der Waals surface area contributed by atoms with Crippen LogP contribution in [0.3, 0.4) is 0 Å². The van der Waals surface area contributed by atoms with E-state index in [1.54, 1.807) is 0 Å². The van der Waals surface area contributed by atoms with Crippen molar-refractivity contribution >= 4 is 11.6 Å². The summed E-state index contributed by atoms with van der Waals surface area (Å²) in [7, 11) is 0. The van der Waals surface area contributed by atoms with Crippen LogP contribution in [0.4, 0.5) is 18.9 Å². The van der Waals surface area contributed by atoms with Crippen LogP contribution in [-0.4, -0.2) is 5.91 Å². The lowest BCUT2D eigenvalue weighted by Crippen LogP contribution is -2.28. The molecule has 0 radical (unpaired) electrons. The lowest BCUT2D eigenvalue weighted by Gasteiger charge is -2.16. The molecule has 110 valence electrons. The number of benzene rings is 2. The normalized spacial score (nSPS) is 12.0. The number of carbonyl (C=O) groups is 1. The van der Waals surface area contributed by atoms with E-state index in [0.717, 1.165) is 18.2 Å². The van der Waals surface area contributed by atoms with E-state index in [-0.39, 0.29) is 16.8 Å². The Balaban J connectivity index is 2.23. The molecule has 0 spiro atoms. The van der Waals surface area contributed by atoms with Crippen molar-refractivity contribution in [3.63, 3.8) is 0 Å². The van der Waals surface area contributed by atoms with Gasteiger partial charge in [0, 0.05) is 11.3 Å². The Bertz CT molecular complexity index is 668. The summed E-state index contributed by atoms with van der Waals surface area (Å²) >= 11 is 0. The van der Waals surface area contributed by atoms with Gasteiger partial charge in [0.05, 0.1) is 11.6 Å². The molecule has 0 saturated carbocycles. The molecule has 1 amide bonds. The number of anilines is 1. The molecule has 0 aliphatic rings. The minimum absolute atomic E-state index is 0.178. The molecule has 6 heteroatoms. The van der Waals surface area contributed by atoms with Crippen LogP contribution in [0.15, 0.2) is 36.4 Å². The van der Waals surface area contributed by atoms with Gasteiger partial charge in [0.15, 0.2) is 0 Å². The van der Waals surface area contributed by atoms with Gasteiger partial charge in [-0.2, -0.15) is 0 Å². The fourth-order valence-corrected chi connectivity index (χ4v) is 1.99. The van der Waals surface area contributed by atoms with Crippen LogP contribution in [0.5, 0.6) is 0 Å². The zero-order valence-corrected chi connectivity index (χ0v) is 11.2. The van der Waals surface area contributed by atoms with E-state index >= 15 is 0 Å². The number of nitrogens with one attached hydrogen (secondary N) is 1. The van der Waals surface area contributed by atoms with Gasteiger partial charge in [0.2, 0.25) is 0 Å². The monoisotopic (exact) mass is 294 g/mol. The topological polar surface area (TPSA) is 55.1 Å². The lowest BCUT2D eigenvalue weighted by atomic mass is 10.1. The molecule has 1 atom stereocenters. The summed E-state index contributed by atoms with van der Waals surface area (Å²) in [5.74, 6) is -3.13. The van der Waals surface area contributed by atoms with Gasteiger partial charge in [-0.15, -0.1) is 0 Å². The molecular weight excluding hydrogens is 281 g/mol. The van der Waals surface area contributed by atoms with E-state index < -0.39 is 29.4 Å². The Labute approximate surface area is 119 Å². The van der Waals surface area contributed by atoms with Crippen molar-refractivity contribution in [2.75, 3.05) is 5.73 Å². The van der Waals surface area contributed by atoms with Crippen molar-refractivity contribution < 1.29 is 18.0 Å². The Kier molecular flexibility index (Phi) is 4.16. The standard InChI is InChI=1S/C15H13F3N2O/c1-8(14-11(16)3-2-4-12(14)17)20-15(21)10-6-5-9(19)7-13(10)18/h2-8H,19H2,1H3,(H,20,21). The molecule has 21 heavy (non-hydrogen) atoms. The zero-order valence-electron chi connectivity index (χ0n) is 11.2. The molecule has 2 aromatic rings. The third-order valence-electron chi connectivity index (χ3n) is 3.02. The van der Waals surface area contributed by atoms with Gasteiger partial charge in [0.1, 0.15) is 17.5 Å². The number of hydrogen-bond donors (Lipinski definition) is 2. The first-order chi connectivity index (χ1) is 9.90. The highest BCUT2D eigenvalue weighted by atomic mass is 19.1. The molecule has 0 aliphatic carbocycles. The molecule has 3 nitrogen and oxygen atoms in total. The van der Waals surface area contributed by atoms with Crippen LogP contribution in [0.2, 0.25) is 0 Å². The molecule has 0 fully saturated rings. The van der Waals surface area contributed by atoms with Crippen LogP contribution in [-0.2, 0) is 0 Å². The van der Waals surface area contributed by atoms with Crippen LogP contribution in [0.1, 0.15) is 28.9 Å². The first-order valence-corrected chi connectivity index (χ1v) is 6.20. The summed E-state index contributed by atoms with van der Waals surface area (Å²) in [4.78, 5) is 11.9. The number of nitrogen functional groups attached to an aromatic ring is 1. The van der Waals surface area contributed by atoms with E-state index in [4.69, 9.17) is 5.73 Å². The molecule has 2 aromatic carbocycles. The summed E-state index contributed by atoms with van der Waals surface area (Å²) in [5.41, 5.74) is 5.05. The van der Waals surface area contributed by atoms with Gasteiger partial charge in [-0.1, -0.05) is 6.07 Å². The minimum atomic E-state index is -0.948. The first-order valence-electron chi connectivity index (χ1n) is 6.20. The van der Waals surface area contributed by atoms with Crippen LogP contribution < -0.4 is 11.1 Å². The maximum Gasteiger partial charge on any atom is 0.254 e. The predicted molar refractivity (Wildman–Crippen MR) is 73.1 cm³/mol. The van der Waals surface area contributed by atoms with Crippen molar-refractivity contribution in [2.24, 2.45) is 0 Å². The Hall–Kier alpha value is -2.50. The maximum atomic E-state index is 13.6. The minimum Gasteiger partial charge on any atom is -0.399 e. The first kappa shape index (κ1) is 14.9. The molecule has 3 N–H and O–H groups in total. The summed E-state index contributed by atoms with van der Waals surface area (Å²) in [6.45, 7) is 1.41. The van der Waals surface area contributed by atoms with Gasteiger partial charge in [-0.05, 0) is 37.3 Å². The Morgan fingerprint density at radius 3 is 2.29 bits per heavy atom. The largest absolute Gasteiger partial charge is 0.399 e. The average molecular weight is 294 g/mol. The molecule has 0 aliphatic heterocycles. The van der Waals surface area contributed by atoms with Crippen molar-refractivity contribution in [2.45, 2.75) is 13.0 Å². The number of halogens is 3. The van der Waals surface area contributed by atoms with Crippen LogP contribution in [0.25, 0.3) is 0 Å². The highest BCUT2D eigenvalue weighted by molar-refractivity contribution is 5.95. The van der Waals surface area contributed by atoms with E-state index in [1.807, 2.05) is 0 Å². The van der Waals surface area contributed by atoms with Crippen molar-refractivity contribution in [3.8, 4) is 0 Å². The zero-order chi connectivity index (χ0) is 15.6. The van der Waals surface area contributed by atoms with Crippen molar-refractivity contribution in [1.29, 1.82) is 0 Å². The third kappa shape index (κ3) is 3.16. The average Bonchev–Trinajstić information content (AvgIpc) is 2.37. The van der Waals surface area contributed by atoms with E-state index in [1.165, 1.54) is 25.1 Å². The quantitative estimate of drug-likeness (QED) is 0.854. The number of carbonyl (C=O) groups excluding carboxylic acids is 1. The SMILES string of the molecule is CC(NC(=O)c1ccc(N)cc1F)c1c(F)cccc1F. The summed E-state index contributed by atoms with van der Waals surface area (Å²) in [6, 6.07) is 6.04. The maximum absolute atomic E-state index is 13.6. The second-order valence-electron chi connectivity index (χ2n) is 4.57. The summed E-state index contributed by atoms with van der Waals surface area (Å²) in [5, 5.41) is 2.35. The molecule has 0 aromatic heterocycles. The van der Waals surface area contributed by atoms with Crippen molar-refractivity contribution in [3.05, 3.63) is 65.0 Å². The predicted octanol–water partition coefficient (Wildman–Crippen LogP) is 3.18. The number of hydrogen-bond acceptors (Lipinski definition) is 2. The molecule has 0 heterocycles. The van der Waals surface area contributed by atoms with Gasteiger partial charge in [0.25, 0.3) is 5.91 Å². The lowest BCUT2D eigenvalue weighted by molar-refractivity contribution is 0.0935. The Morgan fingerprint density at radius 2 is 1.71 bits per heavy atom. The highest BCUT2D eigenvalue weighted by Gasteiger charge is 2.20. The van der Waals surface area contributed by atoms with Gasteiger partial charge < -0.3 is 11.1 Å². The van der Waals surface area contributed by atoms with E-state index in [2.05, 4.69) is 5.32 Å². The highest BCUT2D eigenvalue weighted by Crippen LogP contribution is 2.21. The smallest absolute Gasteiger partial charge is 0.254 e. The molecule has 0 saturated heterocycles. The molecule has 2 rings (SSSR count). The van der Waals surface area contributed by atoms with Crippen LogP contribution >= 0.6 is 0 Å². The number of nitrogens with two attached hydrogens (primary N) is 1. The second kappa shape index (κ2) is 5.87. The van der Waals surface area contributed by atoms with Gasteiger partial charge in [-0.3, -0.25) is 4.79 Å². The number of rotatable bonds is 3. The van der Waals surface area contributed by atoms with Crippen molar-refractivity contribution in [1.82, 2.24) is 5.32 Å². The summed E-state index contributed by atoms with van der Waals surface area (Å²) < 4.78 is 40.8. The molecule has 0 bridgehead atoms. The number of amides is 1. The fraction of sp³-hybridized carbons (Fsp3) is 0.133. The third-order valence-corrected chi connectivity index (χ3v) is 3.02. The van der Waals surface area contributed by atoms with Gasteiger partial charge >= 0.3 is 0 Å². The van der Waals surface area contributed by atoms with E-state index in [9.17, 15) is 18.0 Å². The molecular formula is C15H13F3N2O. The summed E-state index contributed by atoms with van der Waals surface area (Å²) in [6.07, 6.45) is 0. The van der Waals surface area contributed by atoms with Crippen LogP contribution in [0, 0.1) is 17.5 Å². The Morgan fingerprint density at radius 1 is 1.10 bits per heavy atom.